The van der Waals surface area contributed by atoms with E-state index in [1.54, 1.807) is 25.1 Å². The minimum Gasteiger partial charge on any atom is -0.354 e. The van der Waals surface area contributed by atoms with Crippen LogP contribution in [0.2, 0.25) is 0 Å². The molecule has 0 radical (unpaired) electrons. The number of rotatable bonds is 11. The lowest BCUT2D eigenvalue weighted by Gasteiger charge is -2.31. The molecular weight excluding hydrogens is 426 g/mol. The molecule has 174 valence electrons. The molecule has 1 atom stereocenters. The van der Waals surface area contributed by atoms with E-state index in [4.69, 9.17) is 0 Å². The van der Waals surface area contributed by atoms with Gasteiger partial charge in [0.1, 0.15) is 12.6 Å². The van der Waals surface area contributed by atoms with Crippen molar-refractivity contribution in [3.05, 3.63) is 65.7 Å². The third-order valence-electron chi connectivity index (χ3n) is 5.17. The zero-order valence-corrected chi connectivity index (χ0v) is 20.1. The Labute approximate surface area is 191 Å². The van der Waals surface area contributed by atoms with Crippen LogP contribution in [-0.2, 0) is 26.0 Å². The predicted molar refractivity (Wildman–Crippen MR) is 128 cm³/mol. The summed E-state index contributed by atoms with van der Waals surface area (Å²) in [7, 11) is -3.71. The normalized spacial score (nSPS) is 12.1. The molecule has 2 rings (SSSR count). The van der Waals surface area contributed by atoms with Gasteiger partial charge in [-0.1, -0.05) is 49.4 Å². The summed E-state index contributed by atoms with van der Waals surface area (Å²) in [5, 5.41) is 2.82. The summed E-state index contributed by atoms with van der Waals surface area (Å²) < 4.78 is 26.1. The molecule has 0 fully saturated rings. The summed E-state index contributed by atoms with van der Waals surface area (Å²) in [5.41, 5.74) is 2.34. The first-order valence-corrected chi connectivity index (χ1v) is 12.6. The zero-order valence-electron chi connectivity index (χ0n) is 19.2. The summed E-state index contributed by atoms with van der Waals surface area (Å²) >= 11 is 0. The van der Waals surface area contributed by atoms with Gasteiger partial charge in [0, 0.05) is 13.1 Å². The number of sulfonamides is 1. The molecular formula is C24H33N3O4S. The van der Waals surface area contributed by atoms with Crippen molar-refractivity contribution in [2.75, 3.05) is 30.2 Å². The summed E-state index contributed by atoms with van der Waals surface area (Å²) in [5.74, 6) is -0.679. The summed E-state index contributed by atoms with van der Waals surface area (Å²) in [4.78, 5) is 27.4. The molecule has 0 heterocycles. The van der Waals surface area contributed by atoms with E-state index >= 15 is 0 Å². The van der Waals surface area contributed by atoms with Gasteiger partial charge in [-0.3, -0.25) is 13.9 Å². The van der Waals surface area contributed by atoms with Crippen LogP contribution in [0, 0.1) is 6.92 Å². The van der Waals surface area contributed by atoms with E-state index in [0.717, 1.165) is 28.1 Å². The number of carbonyl (C=O) groups excluding carboxylic acids is 2. The number of carbonyl (C=O) groups is 2. The topological polar surface area (TPSA) is 86.8 Å². The Kier molecular flexibility index (Phi) is 9.26. The first-order chi connectivity index (χ1) is 15.1. The number of hydrogen-bond donors (Lipinski definition) is 1. The van der Waals surface area contributed by atoms with E-state index in [9.17, 15) is 18.0 Å². The summed E-state index contributed by atoms with van der Waals surface area (Å²) in [6, 6.07) is 15.9. The molecule has 32 heavy (non-hydrogen) atoms. The highest BCUT2D eigenvalue weighted by Crippen LogP contribution is 2.19. The van der Waals surface area contributed by atoms with E-state index in [2.05, 4.69) is 5.32 Å². The third-order valence-corrected chi connectivity index (χ3v) is 6.31. The Balaban J connectivity index is 2.28. The third kappa shape index (κ3) is 7.37. The maximum Gasteiger partial charge on any atom is 0.244 e. The molecule has 2 amide bonds. The Bertz CT molecular complexity index is 1010. The molecule has 0 unspecified atom stereocenters. The van der Waals surface area contributed by atoms with Gasteiger partial charge in [0.25, 0.3) is 0 Å². The van der Waals surface area contributed by atoms with Gasteiger partial charge >= 0.3 is 0 Å². The van der Waals surface area contributed by atoms with Crippen molar-refractivity contribution in [3.63, 3.8) is 0 Å². The molecule has 0 aliphatic heterocycles. The van der Waals surface area contributed by atoms with Crippen LogP contribution in [0.15, 0.2) is 54.6 Å². The van der Waals surface area contributed by atoms with Gasteiger partial charge in [0.05, 0.1) is 11.9 Å². The van der Waals surface area contributed by atoms with Crippen molar-refractivity contribution in [2.24, 2.45) is 0 Å². The van der Waals surface area contributed by atoms with Crippen LogP contribution in [0.3, 0.4) is 0 Å². The number of nitrogens with one attached hydrogen (secondary N) is 1. The maximum atomic E-state index is 13.3. The summed E-state index contributed by atoms with van der Waals surface area (Å²) in [6.45, 7) is 5.93. The smallest absolute Gasteiger partial charge is 0.244 e. The average molecular weight is 460 g/mol. The number of hydrogen-bond acceptors (Lipinski definition) is 4. The van der Waals surface area contributed by atoms with Crippen molar-refractivity contribution in [3.8, 4) is 0 Å². The first-order valence-electron chi connectivity index (χ1n) is 10.8. The molecule has 0 aliphatic rings. The molecule has 0 aliphatic carbocycles. The zero-order chi connectivity index (χ0) is 23.7. The second-order valence-electron chi connectivity index (χ2n) is 7.90. The monoisotopic (exact) mass is 459 g/mol. The fraction of sp³-hybridized carbons (Fsp3) is 0.417. The number of nitrogens with zero attached hydrogens (tertiary/aromatic N) is 2. The van der Waals surface area contributed by atoms with Crippen molar-refractivity contribution in [2.45, 2.75) is 39.7 Å². The Morgan fingerprint density at radius 2 is 1.75 bits per heavy atom. The number of amides is 2. The van der Waals surface area contributed by atoms with Crippen molar-refractivity contribution in [1.82, 2.24) is 10.2 Å². The van der Waals surface area contributed by atoms with Crippen molar-refractivity contribution in [1.29, 1.82) is 0 Å². The lowest BCUT2D eigenvalue weighted by Crippen LogP contribution is -2.52. The van der Waals surface area contributed by atoms with Gasteiger partial charge < -0.3 is 10.2 Å². The molecule has 0 aromatic heterocycles. The maximum absolute atomic E-state index is 13.3. The molecule has 8 heteroatoms. The fourth-order valence-corrected chi connectivity index (χ4v) is 4.20. The van der Waals surface area contributed by atoms with E-state index in [1.165, 1.54) is 4.90 Å². The molecule has 0 bridgehead atoms. The molecule has 2 aromatic carbocycles. The molecule has 1 N–H and O–H groups in total. The average Bonchev–Trinajstić information content (AvgIpc) is 2.75. The van der Waals surface area contributed by atoms with E-state index in [1.807, 2.05) is 50.2 Å². The van der Waals surface area contributed by atoms with E-state index in [0.29, 0.717) is 25.2 Å². The first kappa shape index (κ1) is 25.4. The number of aryl methyl sites for hydroxylation is 1. The predicted octanol–water partition coefficient (Wildman–Crippen LogP) is 2.75. The molecule has 7 nitrogen and oxygen atoms in total. The Morgan fingerprint density at radius 3 is 2.34 bits per heavy atom. The minimum atomic E-state index is -3.71. The largest absolute Gasteiger partial charge is 0.354 e. The van der Waals surface area contributed by atoms with Crippen LogP contribution in [0.5, 0.6) is 0 Å². The molecule has 2 aromatic rings. The number of anilines is 1. The van der Waals surface area contributed by atoms with E-state index < -0.39 is 22.0 Å². The van der Waals surface area contributed by atoms with Crippen molar-refractivity contribution < 1.29 is 18.0 Å². The SMILES string of the molecule is CCCNC(=O)[C@@H](C)N(CCc1ccccc1)C(=O)CN(c1cccc(C)c1)S(C)(=O)=O. The molecule has 0 saturated carbocycles. The van der Waals surface area contributed by atoms with Gasteiger partial charge in [-0.2, -0.15) is 0 Å². The van der Waals surface area contributed by atoms with E-state index in [-0.39, 0.29) is 12.5 Å². The summed E-state index contributed by atoms with van der Waals surface area (Å²) in [6.07, 6.45) is 2.42. The van der Waals surface area contributed by atoms with Crippen LogP contribution in [0.4, 0.5) is 5.69 Å². The Hall–Kier alpha value is -2.87. The highest BCUT2D eigenvalue weighted by molar-refractivity contribution is 7.92. The van der Waals surface area contributed by atoms with Gasteiger partial charge in [-0.25, -0.2) is 8.42 Å². The Morgan fingerprint density at radius 1 is 1.06 bits per heavy atom. The fourth-order valence-electron chi connectivity index (χ4n) is 3.36. The number of benzene rings is 2. The minimum absolute atomic E-state index is 0.255. The van der Waals surface area contributed by atoms with Crippen LogP contribution in [-0.4, -0.2) is 57.1 Å². The molecule has 0 saturated heterocycles. The lowest BCUT2D eigenvalue weighted by molar-refractivity contribution is -0.138. The van der Waals surface area contributed by atoms with Crippen LogP contribution >= 0.6 is 0 Å². The second-order valence-corrected chi connectivity index (χ2v) is 9.81. The van der Waals surface area contributed by atoms with Crippen LogP contribution < -0.4 is 9.62 Å². The van der Waals surface area contributed by atoms with Gasteiger partial charge in [-0.05, 0) is 49.9 Å². The standard InChI is InChI=1S/C24H33N3O4S/c1-5-15-25-24(29)20(3)26(16-14-21-11-7-6-8-12-21)23(28)18-27(32(4,30)31)22-13-9-10-19(2)17-22/h6-13,17,20H,5,14-16,18H2,1-4H3,(H,25,29)/t20-/m1/s1. The lowest BCUT2D eigenvalue weighted by atomic mass is 10.1. The van der Waals surface area contributed by atoms with Crippen LogP contribution in [0.1, 0.15) is 31.4 Å². The van der Waals surface area contributed by atoms with Gasteiger partial charge in [0.2, 0.25) is 21.8 Å². The highest BCUT2D eigenvalue weighted by atomic mass is 32.2. The van der Waals surface area contributed by atoms with Crippen LogP contribution in [0.25, 0.3) is 0 Å². The van der Waals surface area contributed by atoms with Crippen molar-refractivity contribution >= 4 is 27.5 Å². The second kappa shape index (κ2) is 11.7. The quantitative estimate of drug-likeness (QED) is 0.560. The molecule has 0 spiro atoms. The highest BCUT2D eigenvalue weighted by Gasteiger charge is 2.29. The van der Waals surface area contributed by atoms with Gasteiger partial charge in [-0.15, -0.1) is 0 Å². The van der Waals surface area contributed by atoms with Gasteiger partial charge in [0.15, 0.2) is 0 Å².